The monoisotopic (exact) mass is 279 g/mol. The van der Waals surface area contributed by atoms with Gasteiger partial charge in [0.25, 0.3) is 0 Å². The topological polar surface area (TPSA) is 46.6 Å². The number of likely N-dealkylation sites (N-methyl/N-ethyl adjacent to an activating group) is 1. The van der Waals surface area contributed by atoms with Gasteiger partial charge in [-0.1, -0.05) is 6.92 Å². The van der Waals surface area contributed by atoms with Gasteiger partial charge in [-0.2, -0.15) is 0 Å². The highest BCUT2D eigenvalue weighted by Crippen LogP contribution is 2.29. The average Bonchev–Trinajstić information content (AvgIpc) is 3.31. The van der Waals surface area contributed by atoms with Crippen LogP contribution in [0.5, 0.6) is 11.5 Å². The molecule has 1 heterocycles. The molecule has 0 saturated heterocycles. The standard InChI is InChI=1S/C15H25N3O2/c1-4-18(12-5-6-12)10-9-16-11-13-15(20-3)14(19-2)7-8-17-13/h7-8,12,16H,4-6,9-11H2,1-3H3. The van der Waals surface area contributed by atoms with Crippen molar-refractivity contribution in [1.29, 1.82) is 0 Å². The van der Waals surface area contributed by atoms with E-state index in [1.165, 1.54) is 12.8 Å². The van der Waals surface area contributed by atoms with Crippen LogP contribution in [-0.4, -0.2) is 49.8 Å². The molecule has 0 aliphatic heterocycles. The third kappa shape index (κ3) is 3.84. The molecule has 1 aromatic heterocycles. The predicted molar refractivity (Wildman–Crippen MR) is 79.3 cm³/mol. The Hall–Kier alpha value is -1.33. The van der Waals surface area contributed by atoms with E-state index < -0.39 is 0 Å². The molecule has 0 atom stereocenters. The van der Waals surface area contributed by atoms with Gasteiger partial charge < -0.3 is 14.8 Å². The predicted octanol–water partition coefficient (Wildman–Crippen LogP) is 1.67. The summed E-state index contributed by atoms with van der Waals surface area (Å²) < 4.78 is 10.7. The summed E-state index contributed by atoms with van der Waals surface area (Å²) in [6.07, 6.45) is 4.47. The number of aromatic nitrogens is 1. The number of hydrogen-bond acceptors (Lipinski definition) is 5. The summed E-state index contributed by atoms with van der Waals surface area (Å²) in [6, 6.07) is 2.64. The molecule has 0 radical (unpaired) electrons. The Balaban J connectivity index is 1.81. The van der Waals surface area contributed by atoms with Gasteiger partial charge >= 0.3 is 0 Å². The van der Waals surface area contributed by atoms with Crippen molar-refractivity contribution in [3.05, 3.63) is 18.0 Å². The molecule has 0 spiro atoms. The zero-order valence-electron chi connectivity index (χ0n) is 12.7. The molecule has 0 amide bonds. The third-order valence-corrected chi connectivity index (χ3v) is 3.70. The minimum Gasteiger partial charge on any atom is -0.493 e. The van der Waals surface area contributed by atoms with E-state index in [2.05, 4.69) is 22.1 Å². The molecule has 0 aromatic carbocycles. The van der Waals surface area contributed by atoms with Gasteiger partial charge in [0.2, 0.25) is 0 Å². The Morgan fingerprint density at radius 2 is 2.15 bits per heavy atom. The van der Waals surface area contributed by atoms with E-state index in [-0.39, 0.29) is 0 Å². The van der Waals surface area contributed by atoms with Crippen molar-refractivity contribution in [3.63, 3.8) is 0 Å². The van der Waals surface area contributed by atoms with E-state index in [9.17, 15) is 0 Å². The van der Waals surface area contributed by atoms with Crippen molar-refractivity contribution >= 4 is 0 Å². The van der Waals surface area contributed by atoms with E-state index in [0.717, 1.165) is 42.9 Å². The van der Waals surface area contributed by atoms with Crippen molar-refractivity contribution in [1.82, 2.24) is 15.2 Å². The van der Waals surface area contributed by atoms with Crippen LogP contribution in [0.25, 0.3) is 0 Å². The summed E-state index contributed by atoms with van der Waals surface area (Å²) >= 11 is 0. The molecule has 0 bridgehead atoms. The van der Waals surface area contributed by atoms with Gasteiger partial charge in [0.1, 0.15) is 0 Å². The van der Waals surface area contributed by atoms with E-state index in [0.29, 0.717) is 6.54 Å². The van der Waals surface area contributed by atoms with Gasteiger partial charge in [-0.25, -0.2) is 0 Å². The van der Waals surface area contributed by atoms with Crippen LogP contribution >= 0.6 is 0 Å². The Labute approximate surface area is 121 Å². The Morgan fingerprint density at radius 3 is 2.75 bits per heavy atom. The molecule has 2 rings (SSSR count). The van der Waals surface area contributed by atoms with Gasteiger partial charge in [0, 0.05) is 37.9 Å². The molecular weight excluding hydrogens is 254 g/mol. The van der Waals surface area contributed by atoms with Crippen LogP contribution in [0.15, 0.2) is 12.3 Å². The van der Waals surface area contributed by atoms with Crippen LogP contribution < -0.4 is 14.8 Å². The van der Waals surface area contributed by atoms with Crippen LogP contribution in [0.2, 0.25) is 0 Å². The first kappa shape index (κ1) is 15.1. The molecule has 1 N–H and O–H groups in total. The average molecular weight is 279 g/mol. The highest BCUT2D eigenvalue weighted by Gasteiger charge is 2.27. The zero-order valence-corrected chi connectivity index (χ0v) is 12.7. The first-order valence-electron chi connectivity index (χ1n) is 7.30. The number of rotatable bonds is 9. The lowest BCUT2D eigenvalue weighted by atomic mass is 10.3. The maximum Gasteiger partial charge on any atom is 0.183 e. The highest BCUT2D eigenvalue weighted by molar-refractivity contribution is 5.42. The number of nitrogens with zero attached hydrogens (tertiary/aromatic N) is 2. The lowest BCUT2D eigenvalue weighted by molar-refractivity contribution is 0.276. The first-order chi connectivity index (χ1) is 9.80. The molecule has 5 heteroatoms. The molecule has 0 unspecified atom stereocenters. The van der Waals surface area contributed by atoms with Gasteiger partial charge in [-0.3, -0.25) is 9.88 Å². The molecule has 112 valence electrons. The smallest absolute Gasteiger partial charge is 0.183 e. The summed E-state index contributed by atoms with van der Waals surface area (Å²) in [6.45, 7) is 6.11. The lowest BCUT2D eigenvalue weighted by Gasteiger charge is -2.20. The molecular formula is C15H25N3O2. The second-order valence-corrected chi connectivity index (χ2v) is 5.03. The molecule has 20 heavy (non-hydrogen) atoms. The quantitative estimate of drug-likeness (QED) is 0.697. The number of methoxy groups -OCH3 is 2. The normalized spacial score (nSPS) is 14.6. The molecule has 1 fully saturated rings. The second-order valence-electron chi connectivity index (χ2n) is 5.03. The zero-order chi connectivity index (χ0) is 14.4. The van der Waals surface area contributed by atoms with E-state index in [1.807, 2.05) is 6.07 Å². The fourth-order valence-corrected chi connectivity index (χ4v) is 2.44. The summed E-state index contributed by atoms with van der Waals surface area (Å²) in [4.78, 5) is 6.89. The third-order valence-electron chi connectivity index (χ3n) is 3.70. The Morgan fingerprint density at radius 1 is 1.35 bits per heavy atom. The molecule has 1 aliphatic carbocycles. The number of pyridine rings is 1. The van der Waals surface area contributed by atoms with Gasteiger partial charge in [-0.05, 0) is 19.4 Å². The summed E-state index contributed by atoms with van der Waals surface area (Å²) in [5.74, 6) is 1.45. The largest absolute Gasteiger partial charge is 0.493 e. The SMILES string of the molecule is CCN(CCNCc1nccc(OC)c1OC)C1CC1. The van der Waals surface area contributed by atoms with Crippen LogP contribution in [0.1, 0.15) is 25.5 Å². The van der Waals surface area contributed by atoms with E-state index >= 15 is 0 Å². The van der Waals surface area contributed by atoms with Crippen LogP contribution in [0, 0.1) is 0 Å². The van der Waals surface area contributed by atoms with Crippen molar-refractivity contribution in [2.24, 2.45) is 0 Å². The van der Waals surface area contributed by atoms with Crippen LogP contribution in [-0.2, 0) is 6.54 Å². The summed E-state index contributed by atoms with van der Waals surface area (Å²) in [5, 5.41) is 3.44. The van der Waals surface area contributed by atoms with Gasteiger partial charge in [0.05, 0.1) is 19.9 Å². The van der Waals surface area contributed by atoms with E-state index in [1.54, 1.807) is 20.4 Å². The van der Waals surface area contributed by atoms with Crippen molar-refractivity contribution in [2.45, 2.75) is 32.4 Å². The van der Waals surface area contributed by atoms with Crippen LogP contribution in [0.4, 0.5) is 0 Å². The number of nitrogens with one attached hydrogen (secondary N) is 1. The van der Waals surface area contributed by atoms with Crippen molar-refractivity contribution in [3.8, 4) is 11.5 Å². The highest BCUT2D eigenvalue weighted by atomic mass is 16.5. The van der Waals surface area contributed by atoms with Crippen molar-refractivity contribution < 1.29 is 9.47 Å². The van der Waals surface area contributed by atoms with Crippen LogP contribution in [0.3, 0.4) is 0 Å². The maximum atomic E-state index is 5.38. The minimum absolute atomic E-state index is 0.697. The molecule has 1 saturated carbocycles. The lowest BCUT2D eigenvalue weighted by Crippen LogP contribution is -2.33. The molecule has 1 aliphatic rings. The summed E-state index contributed by atoms with van der Waals surface area (Å²) in [5.41, 5.74) is 0.890. The molecule has 5 nitrogen and oxygen atoms in total. The maximum absolute atomic E-state index is 5.38. The Bertz CT molecular complexity index is 422. The van der Waals surface area contributed by atoms with Gasteiger partial charge in [-0.15, -0.1) is 0 Å². The molecule has 1 aromatic rings. The van der Waals surface area contributed by atoms with E-state index in [4.69, 9.17) is 9.47 Å². The Kier molecular flexibility index (Phi) is 5.61. The van der Waals surface area contributed by atoms with Crippen molar-refractivity contribution in [2.75, 3.05) is 33.9 Å². The second kappa shape index (κ2) is 7.45. The number of hydrogen-bond donors (Lipinski definition) is 1. The minimum atomic E-state index is 0.697. The summed E-state index contributed by atoms with van der Waals surface area (Å²) in [7, 11) is 3.29. The number of ether oxygens (including phenoxy) is 2. The fraction of sp³-hybridized carbons (Fsp3) is 0.667. The van der Waals surface area contributed by atoms with Gasteiger partial charge in [0.15, 0.2) is 11.5 Å². The fourth-order valence-electron chi connectivity index (χ4n) is 2.44. The first-order valence-corrected chi connectivity index (χ1v) is 7.30.